The molecule has 0 bridgehead atoms. The molecule has 0 aromatic carbocycles. The standard InChI is InChI=1S/Bi.Cl2O/c;1-3-2. The molecule has 0 amide bonds. The van der Waals surface area contributed by atoms with Gasteiger partial charge in [-0.25, -0.2) is 0 Å². The molecule has 0 saturated carbocycles. The van der Waals surface area contributed by atoms with E-state index in [4.69, 9.17) is 0 Å². The molecule has 0 spiro atoms. The average Bonchev–Trinajstić information content (AvgIpc) is 0.918. The molecule has 0 saturated heterocycles. The Hall–Kier alpha value is 1.42. The summed E-state index contributed by atoms with van der Waals surface area (Å²) in [7, 11) is 0. The van der Waals surface area contributed by atoms with Crippen molar-refractivity contribution in [1.29, 1.82) is 0 Å². The summed E-state index contributed by atoms with van der Waals surface area (Å²) in [6, 6.07) is 0. The van der Waals surface area contributed by atoms with Crippen molar-refractivity contribution in [3.8, 4) is 0 Å². The van der Waals surface area contributed by atoms with Crippen molar-refractivity contribution in [3.05, 3.63) is 0 Å². The molecular weight excluding hydrogens is 296 g/mol. The minimum absolute atomic E-state index is 0. The van der Waals surface area contributed by atoms with Gasteiger partial charge in [0.25, 0.3) is 0 Å². The SMILES string of the molecule is ClOCl.[Bi]. The van der Waals surface area contributed by atoms with Gasteiger partial charge in [-0.3, -0.25) is 0 Å². The van der Waals surface area contributed by atoms with Gasteiger partial charge in [-0.15, -0.1) is 0 Å². The van der Waals surface area contributed by atoms with Crippen molar-refractivity contribution in [3.63, 3.8) is 0 Å². The fourth-order valence-electron chi connectivity index (χ4n) is 0. The van der Waals surface area contributed by atoms with E-state index in [9.17, 15) is 0 Å². The smallest absolute Gasteiger partial charge is 0.0832 e. The summed E-state index contributed by atoms with van der Waals surface area (Å²) >= 11 is 8.53. The van der Waals surface area contributed by atoms with Crippen LogP contribution in [0.3, 0.4) is 0 Å². The topological polar surface area (TPSA) is 9.23 Å². The van der Waals surface area contributed by atoms with Gasteiger partial charge in [-0.2, -0.15) is 3.84 Å². The molecule has 0 atom stereocenters. The van der Waals surface area contributed by atoms with Crippen molar-refractivity contribution < 1.29 is 3.84 Å². The van der Waals surface area contributed by atoms with E-state index in [2.05, 4.69) is 27.6 Å². The molecule has 0 aromatic rings. The zero-order valence-electron chi connectivity index (χ0n) is 1.61. The molecule has 4 heteroatoms. The van der Waals surface area contributed by atoms with Crippen molar-refractivity contribution in [2.45, 2.75) is 0 Å². The van der Waals surface area contributed by atoms with Gasteiger partial charge in [0, 0.05) is 26.2 Å². The van der Waals surface area contributed by atoms with Crippen molar-refractivity contribution in [1.82, 2.24) is 0 Å². The van der Waals surface area contributed by atoms with Crippen LogP contribution in [0.2, 0.25) is 0 Å². The van der Waals surface area contributed by atoms with Crippen LogP contribution in [0.25, 0.3) is 0 Å². The Kier molecular flexibility index (Phi) is 20.0. The summed E-state index contributed by atoms with van der Waals surface area (Å²) in [5.74, 6) is 0. The second-order valence-electron chi connectivity index (χ2n) is 0.0583. The summed E-state index contributed by atoms with van der Waals surface area (Å²) < 4.78 is 3.19. The number of rotatable bonds is 0. The molecule has 0 aliphatic carbocycles. The Morgan fingerprint density at radius 3 is 1.25 bits per heavy atom. The first-order valence-corrected chi connectivity index (χ1v) is 0.926. The summed E-state index contributed by atoms with van der Waals surface area (Å²) in [6.07, 6.45) is 0. The molecule has 1 nitrogen and oxygen atoms in total. The van der Waals surface area contributed by atoms with Gasteiger partial charge >= 0.3 is 0 Å². The van der Waals surface area contributed by atoms with Gasteiger partial charge in [-0.05, 0) is 0 Å². The first-order valence-electron chi connectivity index (χ1n) is 0.309. The van der Waals surface area contributed by atoms with Crippen LogP contribution >= 0.6 is 23.7 Å². The first-order chi connectivity index (χ1) is 1.41. The maximum Gasteiger partial charge on any atom is 0.0832 e. The van der Waals surface area contributed by atoms with Gasteiger partial charge < -0.3 is 0 Å². The Balaban J connectivity index is 0. The van der Waals surface area contributed by atoms with Crippen LogP contribution in [0.1, 0.15) is 0 Å². The van der Waals surface area contributed by atoms with E-state index in [1.807, 2.05) is 0 Å². The zero-order chi connectivity index (χ0) is 2.71. The normalized spacial score (nSPS) is 4.50. The molecule has 0 fully saturated rings. The predicted octanol–water partition coefficient (Wildman–Crippen LogP) is 0.930. The molecule has 0 aromatic heterocycles. The minimum Gasteiger partial charge on any atom is -0.166 e. The Bertz CT molecular complexity index is 6.00. The second kappa shape index (κ2) is 8.83. The fourth-order valence-corrected chi connectivity index (χ4v) is 0. The first kappa shape index (κ1) is 9.05. The molecule has 0 heterocycles. The number of hydrogen-bond acceptors (Lipinski definition) is 1. The van der Waals surface area contributed by atoms with Gasteiger partial charge in [-0.1, -0.05) is 0 Å². The third-order valence-electron chi connectivity index (χ3n) is 0. The maximum absolute atomic E-state index is 4.26. The predicted molar refractivity (Wildman–Crippen MR) is 18.5 cm³/mol. The quantitative estimate of drug-likeness (QED) is 0.604. The number of hydrogen-bond donors (Lipinski definition) is 0. The second-order valence-corrected chi connectivity index (χ2v) is 0.525. The van der Waals surface area contributed by atoms with Gasteiger partial charge in [0.05, 0.1) is 23.7 Å². The Morgan fingerprint density at radius 2 is 1.25 bits per heavy atom. The summed E-state index contributed by atoms with van der Waals surface area (Å²) in [4.78, 5) is 0. The molecule has 0 unspecified atom stereocenters. The van der Waals surface area contributed by atoms with E-state index in [1.165, 1.54) is 0 Å². The molecule has 0 aliphatic heterocycles. The van der Waals surface area contributed by atoms with E-state index < -0.39 is 0 Å². The molecule has 0 rings (SSSR count). The monoisotopic (exact) mass is 295 g/mol. The van der Waals surface area contributed by atoms with Crippen LogP contribution in [0.4, 0.5) is 0 Å². The minimum atomic E-state index is 0. The van der Waals surface area contributed by atoms with Crippen LogP contribution in [-0.2, 0) is 3.84 Å². The molecular formula is BiCl2O. The molecule has 0 aliphatic rings. The summed E-state index contributed by atoms with van der Waals surface area (Å²) in [5, 5.41) is 0. The van der Waals surface area contributed by atoms with Crippen molar-refractivity contribution >= 4 is 49.9 Å². The van der Waals surface area contributed by atoms with E-state index in [0.717, 1.165) is 0 Å². The van der Waals surface area contributed by atoms with E-state index in [-0.39, 0.29) is 26.2 Å². The van der Waals surface area contributed by atoms with Gasteiger partial charge in [0.1, 0.15) is 0 Å². The Labute approximate surface area is 53.7 Å². The van der Waals surface area contributed by atoms with Crippen LogP contribution < -0.4 is 0 Å². The molecule has 3 radical (unpaired) electrons. The van der Waals surface area contributed by atoms with Crippen LogP contribution in [0.15, 0.2) is 0 Å². The van der Waals surface area contributed by atoms with E-state index in [0.29, 0.717) is 0 Å². The molecule has 4 heavy (non-hydrogen) atoms. The van der Waals surface area contributed by atoms with E-state index >= 15 is 0 Å². The molecule has 0 N–H and O–H groups in total. The zero-order valence-corrected chi connectivity index (χ0v) is 6.60. The van der Waals surface area contributed by atoms with Crippen LogP contribution in [0.5, 0.6) is 0 Å². The summed E-state index contributed by atoms with van der Waals surface area (Å²) in [5.41, 5.74) is 0. The van der Waals surface area contributed by atoms with Crippen LogP contribution in [-0.4, -0.2) is 26.2 Å². The summed E-state index contributed by atoms with van der Waals surface area (Å²) in [6.45, 7) is 0. The fraction of sp³-hybridized carbons (Fsp3) is 0. The molecule has 25 valence electrons. The van der Waals surface area contributed by atoms with E-state index in [1.54, 1.807) is 0 Å². The average molecular weight is 296 g/mol. The Morgan fingerprint density at radius 1 is 1.25 bits per heavy atom. The van der Waals surface area contributed by atoms with Crippen molar-refractivity contribution in [2.75, 3.05) is 0 Å². The third kappa shape index (κ3) is 9.92. The number of halogens is 2. The van der Waals surface area contributed by atoms with Crippen LogP contribution in [0, 0.1) is 0 Å². The maximum atomic E-state index is 4.26. The van der Waals surface area contributed by atoms with Gasteiger partial charge in [0.2, 0.25) is 0 Å². The largest absolute Gasteiger partial charge is 0.166 e. The third-order valence-corrected chi connectivity index (χ3v) is 0. The van der Waals surface area contributed by atoms with Gasteiger partial charge in [0.15, 0.2) is 0 Å². The van der Waals surface area contributed by atoms with Crippen molar-refractivity contribution in [2.24, 2.45) is 0 Å².